The summed E-state index contributed by atoms with van der Waals surface area (Å²) in [6.07, 6.45) is 102. The van der Waals surface area contributed by atoms with Crippen molar-refractivity contribution in [3.8, 4) is 46.0 Å². The third-order valence-electron chi connectivity index (χ3n) is 30.4. The van der Waals surface area contributed by atoms with Gasteiger partial charge in [0.1, 0.15) is 0 Å². The lowest BCUT2D eigenvalue weighted by Crippen LogP contribution is -2.21. The second-order valence-electron chi connectivity index (χ2n) is 43.5. The maximum Gasteiger partial charge on any atom is 0.161 e. The van der Waals surface area contributed by atoms with Crippen LogP contribution in [0.15, 0.2) is 121 Å². The van der Waals surface area contributed by atoms with E-state index >= 15 is 0 Å². The molecule has 0 heterocycles. The number of rotatable bonds is 100. The quantitative estimate of drug-likeness (QED) is 0.0276. The summed E-state index contributed by atoms with van der Waals surface area (Å²) in [5.41, 5.74) is 6.51. The SMILES string of the molecule is CCCCCCCCCCCCOc1ccc(C(c2ccc(OCCCCCCCCCCCC)c(OCCCCCCCCCCCC)c2)=c2c3ccccc3c(=C(c3ccc(OCCCCCCCCCCCC)c(OCCCCCCCCCCCC)c3)c3ccc(OCCCCCCCCCCCC)c(OCCCCCCCCCCCC)c3)c3ccccc23)cc1OCCCCCCCCCCCC. The van der Waals surface area contributed by atoms with Crippen LogP contribution in [0.3, 0.4) is 0 Å². The lowest BCUT2D eigenvalue weighted by Gasteiger charge is -2.21. The van der Waals surface area contributed by atoms with E-state index in [1.807, 2.05) is 0 Å². The first-order valence-corrected chi connectivity index (χ1v) is 62.7. The molecule has 0 aliphatic carbocycles. The number of ether oxygens (including phenoxy) is 8. The maximum absolute atomic E-state index is 7.27. The van der Waals surface area contributed by atoms with Crippen molar-refractivity contribution in [3.05, 3.63) is 154 Å². The first-order valence-electron chi connectivity index (χ1n) is 62.7. The highest BCUT2D eigenvalue weighted by atomic mass is 16.5. The van der Waals surface area contributed by atoms with Gasteiger partial charge in [0, 0.05) is 0 Å². The van der Waals surface area contributed by atoms with Crippen molar-refractivity contribution >= 4 is 32.7 Å². The molecule has 0 aromatic heterocycles. The minimum Gasteiger partial charge on any atom is -0.490 e. The topological polar surface area (TPSA) is 73.8 Å². The fourth-order valence-corrected chi connectivity index (χ4v) is 21.3. The summed E-state index contributed by atoms with van der Waals surface area (Å²) < 4.78 is 57.3. The predicted octanol–water partition coefficient (Wildman–Crippen LogP) is 42.9. The van der Waals surface area contributed by atoms with Crippen molar-refractivity contribution in [3.63, 3.8) is 0 Å². The van der Waals surface area contributed by atoms with Crippen LogP contribution < -0.4 is 48.3 Å². The smallest absolute Gasteiger partial charge is 0.161 e. The molecule has 0 amide bonds. The van der Waals surface area contributed by atoms with Gasteiger partial charge < -0.3 is 37.9 Å². The molecular weight excluding hydrogens is 1760 g/mol. The van der Waals surface area contributed by atoms with Crippen LogP contribution in [0.25, 0.3) is 32.7 Å². The molecule has 0 atom stereocenters. The molecule has 8 heteroatoms. The molecule has 0 saturated heterocycles. The van der Waals surface area contributed by atoms with E-state index < -0.39 is 0 Å². The van der Waals surface area contributed by atoms with Gasteiger partial charge in [-0.25, -0.2) is 0 Å². The lowest BCUT2D eigenvalue weighted by atomic mass is 9.86. The maximum atomic E-state index is 7.27. The van der Waals surface area contributed by atoms with Crippen LogP contribution in [0.4, 0.5) is 0 Å². The van der Waals surface area contributed by atoms with E-state index in [0.717, 1.165) is 188 Å². The van der Waals surface area contributed by atoms with E-state index in [1.54, 1.807) is 0 Å². The van der Waals surface area contributed by atoms with Crippen LogP contribution in [0.1, 0.15) is 591 Å². The molecule has 144 heavy (non-hydrogen) atoms. The Hall–Kier alpha value is -6.80. The summed E-state index contributed by atoms with van der Waals surface area (Å²) in [5.74, 6) is 6.55. The lowest BCUT2D eigenvalue weighted by molar-refractivity contribution is 0.258. The van der Waals surface area contributed by atoms with Gasteiger partial charge in [0.15, 0.2) is 46.0 Å². The molecule has 0 bridgehead atoms. The summed E-state index contributed by atoms with van der Waals surface area (Å²) in [5, 5.41) is 6.95. The molecule has 7 aromatic carbocycles. The Bertz CT molecular complexity index is 3800. The average molecular weight is 1980 g/mol. The summed E-state index contributed by atoms with van der Waals surface area (Å²) in [6, 6.07) is 46.5. The second-order valence-corrected chi connectivity index (χ2v) is 43.5. The predicted molar refractivity (Wildman–Crippen MR) is 628 cm³/mol. The summed E-state index contributed by atoms with van der Waals surface area (Å²) in [6.45, 7) is 23.7. The zero-order valence-electron chi connectivity index (χ0n) is 95.0. The van der Waals surface area contributed by atoms with E-state index in [9.17, 15) is 0 Å². The normalized spacial score (nSPS) is 11.6. The van der Waals surface area contributed by atoms with Gasteiger partial charge in [-0.15, -0.1) is 0 Å². The van der Waals surface area contributed by atoms with E-state index in [0.29, 0.717) is 52.9 Å². The van der Waals surface area contributed by atoms with E-state index in [2.05, 4.69) is 177 Å². The summed E-state index contributed by atoms with van der Waals surface area (Å²) in [7, 11) is 0. The van der Waals surface area contributed by atoms with E-state index in [4.69, 9.17) is 37.9 Å². The average Bonchev–Trinajstić information content (AvgIpc) is 0.719. The van der Waals surface area contributed by atoms with Gasteiger partial charge in [-0.05, 0) is 165 Å². The molecular formula is C136H220O8. The molecule has 0 unspecified atom stereocenters. The Morgan fingerprint density at radius 3 is 0.382 bits per heavy atom. The molecule has 7 aromatic rings. The van der Waals surface area contributed by atoms with Gasteiger partial charge in [-0.2, -0.15) is 0 Å². The molecule has 0 N–H and O–H groups in total. The Balaban J connectivity index is 1.50. The van der Waals surface area contributed by atoms with Crippen LogP contribution in [-0.4, -0.2) is 52.9 Å². The number of hydrogen-bond donors (Lipinski definition) is 0. The molecule has 8 nitrogen and oxygen atoms in total. The molecule has 0 saturated carbocycles. The van der Waals surface area contributed by atoms with Crippen LogP contribution in [-0.2, 0) is 0 Å². The van der Waals surface area contributed by atoms with Crippen LogP contribution in [0.5, 0.6) is 46.0 Å². The first kappa shape index (κ1) is 124. The van der Waals surface area contributed by atoms with E-state index in [1.165, 1.54) is 437 Å². The van der Waals surface area contributed by atoms with Crippen molar-refractivity contribution in [2.24, 2.45) is 0 Å². The first-order chi connectivity index (χ1) is 71.4. The molecule has 0 fully saturated rings. The number of fused-ring (bicyclic) bond motifs is 2. The number of unbranched alkanes of at least 4 members (excludes halogenated alkanes) is 72. The minimum absolute atomic E-state index is 0.627. The summed E-state index contributed by atoms with van der Waals surface area (Å²) in [4.78, 5) is 0. The van der Waals surface area contributed by atoms with Crippen LogP contribution >= 0.6 is 0 Å². The van der Waals surface area contributed by atoms with Crippen LogP contribution in [0.2, 0.25) is 0 Å². The summed E-state index contributed by atoms with van der Waals surface area (Å²) >= 11 is 0. The fourth-order valence-electron chi connectivity index (χ4n) is 21.3. The largest absolute Gasteiger partial charge is 0.490 e. The van der Waals surface area contributed by atoms with Gasteiger partial charge in [0.05, 0.1) is 52.9 Å². The van der Waals surface area contributed by atoms with Crippen molar-refractivity contribution in [2.45, 2.75) is 569 Å². The third kappa shape index (κ3) is 54.6. The molecule has 7 rings (SSSR count). The minimum atomic E-state index is 0.627. The highest BCUT2D eigenvalue weighted by molar-refractivity contribution is 6.07. The third-order valence-corrected chi connectivity index (χ3v) is 30.4. The molecule has 0 aliphatic rings. The van der Waals surface area contributed by atoms with Gasteiger partial charge in [-0.1, -0.05) is 590 Å². The monoisotopic (exact) mass is 1980 g/mol. The van der Waals surface area contributed by atoms with Crippen molar-refractivity contribution in [1.29, 1.82) is 0 Å². The van der Waals surface area contributed by atoms with Gasteiger partial charge in [-0.3, -0.25) is 0 Å². The molecule has 812 valence electrons. The zero-order chi connectivity index (χ0) is 102. The highest BCUT2D eigenvalue weighted by Gasteiger charge is 2.24. The van der Waals surface area contributed by atoms with Crippen molar-refractivity contribution in [1.82, 2.24) is 0 Å². The highest BCUT2D eigenvalue weighted by Crippen LogP contribution is 2.42. The number of benzene rings is 7. The Labute approximate surface area is 886 Å². The molecule has 0 radical (unpaired) electrons. The fraction of sp³-hybridized carbons (Fsp3) is 0.706. The van der Waals surface area contributed by atoms with Gasteiger partial charge in [0.25, 0.3) is 0 Å². The molecule has 0 aliphatic heterocycles. The van der Waals surface area contributed by atoms with Crippen LogP contribution in [0, 0.1) is 0 Å². The number of hydrogen-bond acceptors (Lipinski definition) is 8. The Morgan fingerprint density at radius 1 is 0.132 bits per heavy atom. The standard InChI is InChI=1S/C136H220O8/c1-9-17-25-33-41-49-57-65-73-85-105-137-125-101-97-117(113-129(125)141-109-89-77-69-61-53-45-37-29-21-13-5)133(118-98-102-126(138-106-86-74-66-58-50-42-34-26-18-10-2)130(114-118)142-110-90-78-70-62-54-46-38-30-22-14-6)135-121-93-81-83-95-123(121)136(124-96-84-82-94-122(124)135)134(119-99-103-127(139-107-87-75-67-59-51-43-35-27-19-11-3)131(115-119)143-111-91-79-71-63-55-47-39-31-23-15-7)120-100-104-128(140-108-88-76-68-60-52-44-36-28-20-12-4)132(116-120)144-112-92-80-72-64-56-48-40-32-24-16-8/h81-84,93-104,113-116H,9-80,85-92,105-112H2,1-8H3. The second kappa shape index (κ2) is 87.0. The van der Waals surface area contributed by atoms with Gasteiger partial charge in [0.2, 0.25) is 0 Å². The van der Waals surface area contributed by atoms with E-state index in [-0.39, 0.29) is 0 Å². The Morgan fingerprint density at radius 2 is 0.250 bits per heavy atom. The Kier molecular flexibility index (Phi) is 75.0. The van der Waals surface area contributed by atoms with Gasteiger partial charge >= 0.3 is 0 Å². The van der Waals surface area contributed by atoms with Crippen molar-refractivity contribution < 1.29 is 37.9 Å². The van der Waals surface area contributed by atoms with Crippen molar-refractivity contribution in [2.75, 3.05) is 52.9 Å². The molecule has 0 spiro atoms. The zero-order valence-corrected chi connectivity index (χ0v) is 95.0.